The summed E-state index contributed by atoms with van der Waals surface area (Å²) in [5.74, 6) is -0.853. The molecule has 3 unspecified atom stereocenters. The number of nitrogens with zero attached hydrogens (tertiary/aromatic N) is 2. The van der Waals surface area contributed by atoms with Crippen molar-refractivity contribution in [3.05, 3.63) is 51.2 Å². The van der Waals surface area contributed by atoms with Gasteiger partial charge in [0, 0.05) is 25.7 Å². The van der Waals surface area contributed by atoms with Gasteiger partial charge in [0.2, 0.25) is 0 Å². The second-order valence-electron chi connectivity index (χ2n) is 7.41. The number of hydrogen-bond donors (Lipinski definition) is 1. The molecule has 0 spiro atoms. The minimum Gasteiger partial charge on any atom is -0.461 e. The van der Waals surface area contributed by atoms with Crippen molar-refractivity contribution in [2.24, 2.45) is 0 Å². The summed E-state index contributed by atoms with van der Waals surface area (Å²) in [5, 5.41) is 24.3. The summed E-state index contributed by atoms with van der Waals surface area (Å²) in [7, 11) is 4.59. The molecular formula is C18H26N2O6. The van der Waals surface area contributed by atoms with Crippen LogP contribution in [-0.2, 0) is 9.53 Å². The molecule has 8 heteroatoms. The SMILES string of the molecule is C[N+]1(C)C2CC[C@H]1CC(OC(=O)C(CO)c1ccccc1)C2.O=[N+]([O-])[O-]. The van der Waals surface area contributed by atoms with E-state index in [1.165, 1.54) is 12.8 Å². The summed E-state index contributed by atoms with van der Waals surface area (Å²) in [6, 6.07) is 10.6. The van der Waals surface area contributed by atoms with Gasteiger partial charge in [-0.3, -0.25) is 4.79 Å². The molecule has 0 amide bonds. The number of piperidine rings is 1. The van der Waals surface area contributed by atoms with Crippen LogP contribution in [0.1, 0.15) is 37.2 Å². The van der Waals surface area contributed by atoms with Gasteiger partial charge in [-0.15, -0.1) is 0 Å². The number of hydrogen-bond acceptors (Lipinski definition) is 6. The van der Waals surface area contributed by atoms with Crippen LogP contribution in [0.15, 0.2) is 30.3 Å². The molecule has 0 aliphatic carbocycles. The lowest BCUT2D eigenvalue weighted by molar-refractivity contribution is -0.931. The van der Waals surface area contributed by atoms with Crippen LogP contribution in [0.25, 0.3) is 0 Å². The van der Waals surface area contributed by atoms with Gasteiger partial charge in [-0.05, 0) is 5.56 Å². The Labute approximate surface area is 152 Å². The first kappa shape index (κ1) is 20.1. The smallest absolute Gasteiger partial charge is 0.316 e. The molecule has 4 atom stereocenters. The molecular weight excluding hydrogens is 340 g/mol. The molecule has 2 heterocycles. The molecule has 144 valence electrons. The zero-order valence-electron chi connectivity index (χ0n) is 15.1. The molecule has 3 rings (SSSR count). The van der Waals surface area contributed by atoms with Crippen LogP contribution in [-0.4, -0.2) is 59.5 Å². The van der Waals surface area contributed by atoms with Gasteiger partial charge in [-0.2, -0.15) is 0 Å². The Morgan fingerprint density at radius 1 is 1.23 bits per heavy atom. The number of carbonyl (C=O) groups is 1. The number of quaternary nitrogens is 1. The average Bonchev–Trinajstić information content (AvgIpc) is 2.75. The van der Waals surface area contributed by atoms with E-state index in [4.69, 9.17) is 20.1 Å². The van der Waals surface area contributed by atoms with Crippen molar-refractivity contribution in [1.82, 2.24) is 0 Å². The van der Waals surface area contributed by atoms with E-state index in [1.807, 2.05) is 30.3 Å². The number of ether oxygens (including phenoxy) is 1. The van der Waals surface area contributed by atoms with Gasteiger partial charge in [-0.25, -0.2) is 0 Å². The first-order valence-electron chi connectivity index (χ1n) is 8.76. The molecule has 2 fully saturated rings. The molecule has 0 aromatic heterocycles. The monoisotopic (exact) mass is 366 g/mol. The average molecular weight is 366 g/mol. The van der Waals surface area contributed by atoms with E-state index in [0.717, 1.165) is 22.9 Å². The summed E-state index contributed by atoms with van der Waals surface area (Å²) < 4.78 is 6.83. The van der Waals surface area contributed by atoms with Crippen LogP contribution in [0, 0.1) is 15.3 Å². The van der Waals surface area contributed by atoms with Crippen molar-refractivity contribution in [2.45, 2.75) is 49.8 Å². The maximum atomic E-state index is 12.5. The van der Waals surface area contributed by atoms with Crippen molar-refractivity contribution >= 4 is 5.97 Å². The first-order chi connectivity index (χ1) is 12.3. The van der Waals surface area contributed by atoms with Crippen LogP contribution in [0.3, 0.4) is 0 Å². The zero-order valence-corrected chi connectivity index (χ0v) is 15.1. The fourth-order valence-electron chi connectivity index (χ4n) is 4.17. The third-order valence-electron chi connectivity index (χ3n) is 5.74. The molecule has 2 bridgehead atoms. The van der Waals surface area contributed by atoms with Crippen molar-refractivity contribution < 1.29 is 24.2 Å². The molecule has 8 nitrogen and oxygen atoms in total. The quantitative estimate of drug-likeness (QED) is 0.376. The Bertz CT molecular complexity index is 601. The van der Waals surface area contributed by atoms with E-state index < -0.39 is 11.0 Å². The Morgan fingerprint density at radius 3 is 2.19 bits per heavy atom. The highest BCUT2D eigenvalue weighted by Gasteiger charge is 2.50. The van der Waals surface area contributed by atoms with Crippen LogP contribution in [0.5, 0.6) is 0 Å². The third kappa shape index (κ3) is 4.70. The van der Waals surface area contributed by atoms with Gasteiger partial charge >= 0.3 is 5.97 Å². The number of fused-ring (bicyclic) bond motifs is 2. The molecule has 0 saturated carbocycles. The van der Waals surface area contributed by atoms with Gasteiger partial charge in [0.1, 0.15) is 12.0 Å². The molecule has 1 N–H and O–H groups in total. The number of esters is 1. The summed E-state index contributed by atoms with van der Waals surface area (Å²) in [5.41, 5.74) is 0.824. The van der Waals surface area contributed by atoms with Crippen LogP contribution in [0.4, 0.5) is 0 Å². The molecule has 2 aliphatic rings. The van der Waals surface area contributed by atoms with E-state index in [9.17, 15) is 9.90 Å². The normalized spacial score (nSPS) is 27.0. The summed E-state index contributed by atoms with van der Waals surface area (Å²) in [6.45, 7) is -0.204. The Morgan fingerprint density at radius 2 is 1.73 bits per heavy atom. The van der Waals surface area contributed by atoms with Crippen molar-refractivity contribution in [3.8, 4) is 0 Å². The number of carbonyl (C=O) groups excluding carboxylic acids is 1. The minimum atomic E-state index is -1.75. The van der Waals surface area contributed by atoms with E-state index in [1.54, 1.807) is 0 Å². The first-order valence-corrected chi connectivity index (χ1v) is 8.76. The molecule has 2 aliphatic heterocycles. The highest BCUT2D eigenvalue weighted by Crippen LogP contribution is 2.40. The fourth-order valence-corrected chi connectivity index (χ4v) is 4.17. The minimum absolute atomic E-state index is 0.00825. The van der Waals surface area contributed by atoms with Crippen LogP contribution >= 0.6 is 0 Å². The van der Waals surface area contributed by atoms with Gasteiger partial charge in [0.05, 0.1) is 37.9 Å². The van der Waals surface area contributed by atoms with E-state index in [0.29, 0.717) is 12.1 Å². The lowest BCUT2D eigenvalue weighted by Gasteiger charge is -2.44. The Balaban J connectivity index is 0.000000552. The number of rotatable bonds is 4. The predicted octanol–water partition coefficient (Wildman–Crippen LogP) is 1.84. The standard InChI is InChI=1S/C18H26NO3.NO3/c1-19(2)14-8-9-15(19)11-16(10-14)22-18(21)17(12-20)13-6-4-3-5-7-13;2-1(3)4/h3-7,14-17,20H,8-12H2,1-2H3;/q+1;-1/t14-,15?,16?,17?;/m0./s1. The molecule has 26 heavy (non-hydrogen) atoms. The number of aliphatic hydroxyl groups is 1. The maximum absolute atomic E-state index is 12.5. The summed E-state index contributed by atoms with van der Waals surface area (Å²) >= 11 is 0. The molecule has 1 aromatic rings. The highest BCUT2D eigenvalue weighted by molar-refractivity contribution is 5.78. The molecule has 0 radical (unpaired) electrons. The maximum Gasteiger partial charge on any atom is 0.316 e. The summed E-state index contributed by atoms with van der Waals surface area (Å²) in [6.07, 6.45) is 4.36. The lowest BCUT2D eigenvalue weighted by atomic mass is 9.96. The van der Waals surface area contributed by atoms with Crippen molar-refractivity contribution in [2.75, 3.05) is 20.7 Å². The lowest BCUT2D eigenvalue weighted by Crippen LogP contribution is -2.56. The Hall–Kier alpha value is -2.19. The van der Waals surface area contributed by atoms with Gasteiger partial charge in [0.15, 0.2) is 0 Å². The molecule has 1 aromatic carbocycles. The van der Waals surface area contributed by atoms with Crippen LogP contribution in [0.2, 0.25) is 0 Å². The summed E-state index contributed by atoms with van der Waals surface area (Å²) in [4.78, 5) is 20.7. The Kier molecular flexibility index (Phi) is 6.55. The van der Waals surface area contributed by atoms with Crippen LogP contribution < -0.4 is 0 Å². The second kappa shape index (κ2) is 8.46. The highest BCUT2D eigenvalue weighted by atomic mass is 16.9. The largest absolute Gasteiger partial charge is 0.461 e. The van der Waals surface area contributed by atoms with Crippen molar-refractivity contribution in [3.63, 3.8) is 0 Å². The fraction of sp³-hybridized carbons (Fsp3) is 0.611. The zero-order chi connectivity index (χ0) is 19.3. The van der Waals surface area contributed by atoms with E-state index >= 15 is 0 Å². The number of benzene rings is 1. The van der Waals surface area contributed by atoms with E-state index in [-0.39, 0.29) is 18.7 Å². The van der Waals surface area contributed by atoms with E-state index in [2.05, 4.69) is 14.1 Å². The van der Waals surface area contributed by atoms with Gasteiger partial charge in [0.25, 0.3) is 0 Å². The second-order valence-corrected chi connectivity index (χ2v) is 7.41. The number of aliphatic hydroxyl groups excluding tert-OH is 1. The molecule has 2 saturated heterocycles. The van der Waals surface area contributed by atoms with Crippen molar-refractivity contribution in [1.29, 1.82) is 0 Å². The third-order valence-corrected chi connectivity index (χ3v) is 5.74. The van der Waals surface area contributed by atoms with Gasteiger partial charge in [-0.1, -0.05) is 30.3 Å². The predicted molar refractivity (Wildman–Crippen MR) is 94.7 cm³/mol. The van der Waals surface area contributed by atoms with Gasteiger partial charge < -0.3 is 29.6 Å². The topological polar surface area (TPSA) is 113 Å².